The number of hydrogen-bond donors (Lipinski definition) is 1. The number of benzene rings is 3. The van der Waals surface area contributed by atoms with Gasteiger partial charge < -0.3 is 5.11 Å². The Balaban J connectivity index is 2.03. The maximum absolute atomic E-state index is 12.0. The fourth-order valence-corrected chi connectivity index (χ4v) is 2.55. The molecule has 0 saturated heterocycles. The highest BCUT2D eigenvalue weighted by Gasteiger charge is 2.09. The highest BCUT2D eigenvalue weighted by Crippen LogP contribution is 2.26. The predicted octanol–water partition coefficient (Wildman–Crippen LogP) is 4.04. The minimum Gasteiger partial charge on any atom is -0.481 e. The van der Waals surface area contributed by atoms with Gasteiger partial charge in [0.25, 0.3) is 0 Å². The fourth-order valence-electron chi connectivity index (χ4n) is 2.55. The highest BCUT2D eigenvalue weighted by molar-refractivity contribution is 6.10. The molecule has 0 aliphatic rings. The summed E-state index contributed by atoms with van der Waals surface area (Å²) in [6.07, 6.45) is -0.0942. The average Bonchev–Trinajstić information content (AvgIpc) is 2.51. The molecule has 0 amide bonds. The van der Waals surface area contributed by atoms with E-state index in [4.69, 9.17) is 5.11 Å². The van der Waals surface area contributed by atoms with Crippen LogP contribution in [0.2, 0.25) is 0 Å². The van der Waals surface area contributed by atoms with Gasteiger partial charge in [0, 0.05) is 12.0 Å². The first-order valence-corrected chi connectivity index (χ1v) is 6.82. The van der Waals surface area contributed by atoms with Crippen LogP contribution in [-0.2, 0) is 4.79 Å². The average molecular weight is 278 g/mol. The molecular formula is C18H14O3. The van der Waals surface area contributed by atoms with E-state index in [2.05, 4.69) is 12.1 Å². The van der Waals surface area contributed by atoms with Gasteiger partial charge in [-0.3, -0.25) is 9.59 Å². The third-order valence-electron chi connectivity index (χ3n) is 3.63. The van der Waals surface area contributed by atoms with E-state index in [9.17, 15) is 9.59 Å². The molecule has 0 atom stereocenters. The summed E-state index contributed by atoms with van der Waals surface area (Å²) in [6, 6.07) is 17.7. The minimum absolute atomic E-state index is 0.0361. The summed E-state index contributed by atoms with van der Waals surface area (Å²) in [4.78, 5) is 22.5. The topological polar surface area (TPSA) is 54.4 Å². The molecule has 104 valence electrons. The number of fused-ring (bicyclic) bond motifs is 3. The monoisotopic (exact) mass is 278 g/mol. The number of carboxylic acids is 1. The van der Waals surface area contributed by atoms with Gasteiger partial charge in [0.05, 0.1) is 6.42 Å². The molecule has 0 fully saturated rings. The van der Waals surface area contributed by atoms with Gasteiger partial charge in [-0.1, -0.05) is 48.5 Å². The largest absolute Gasteiger partial charge is 0.481 e. The third kappa shape index (κ3) is 2.63. The van der Waals surface area contributed by atoms with E-state index < -0.39 is 5.97 Å². The van der Waals surface area contributed by atoms with Crippen LogP contribution in [0.5, 0.6) is 0 Å². The van der Waals surface area contributed by atoms with Crippen LogP contribution in [0.1, 0.15) is 23.2 Å². The number of carboxylic acid groups (broad SMARTS) is 1. The quantitative estimate of drug-likeness (QED) is 0.579. The maximum Gasteiger partial charge on any atom is 0.303 e. The first kappa shape index (κ1) is 13.3. The molecule has 3 heteroatoms. The second-order valence-corrected chi connectivity index (χ2v) is 5.04. The van der Waals surface area contributed by atoms with Gasteiger partial charge in [-0.05, 0) is 27.6 Å². The lowest BCUT2D eigenvalue weighted by atomic mass is 9.98. The Hall–Kier alpha value is -2.68. The van der Waals surface area contributed by atoms with Crippen LogP contribution in [0.3, 0.4) is 0 Å². The van der Waals surface area contributed by atoms with Crippen LogP contribution < -0.4 is 0 Å². The molecule has 0 bridgehead atoms. The molecule has 0 aliphatic carbocycles. The van der Waals surface area contributed by atoms with Crippen LogP contribution in [0.25, 0.3) is 21.5 Å². The summed E-state index contributed by atoms with van der Waals surface area (Å²) in [7, 11) is 0. The van der Waals surface area contributed by atoms with Crippen LogP contribution in [0.4, 0.5) is 0 Å². The Morgan fingerprint density at radius 2 is 1.52 bits per heavy atom. The maximum atomic E-state index is 12.0. The summed E-state index contributed by atoms with van der Waals surface area (Å²) in [5.74, 6) is -1.08. The molecule has 21 heavy (non-hydrogen) atoms. The second-order valence-electron chi connectivity index (χ2n) is 5.04. The van der Waals surface area contributed by atoms with Crippen molar-refractivity contribution in [2.24, 2.45) is 0 Å². The number of carbonyl (C=O) groups excluding carboxylic acids is 1. The van der Waals surface area contributed by atoms with Gasteiger partial charge in [0.2, 0.25) is 0 Å². The Bertz CT molecular complexity index is 849. The number of carbonyl (C=O) groups is 2. The van der Waals surface area contributed by atoms with Crippen molar-refractivity contribution in [3.05, 3.63) is 60.2 Å². The first-order chi connectivity index (χ1) is 10.1. The zero-order valence-electron chi connectivity index (χ0n) is 11.4. The van der Waals surface area contributed by atoms with Crippen molar-refractivity contribution in [1.29, 1.82) is 0 Å². The van der Waals surface area contributed by atoms with E-state index in [0.717, 1.165) is 21.5 Å². The molecule has 1 N–H and O–H groups in total. The summed E-state index contributed by atoms with van der Waals surface area (Å²) >= 11 is 0. The lowest BCUT2D eigenvalue weighted by Crippen LogP contribution is -2.03. The van der Waals surface area contributed by atoms with E-state index in [-0.39, 0.29) is 18.6 Å². The van der Waals surface area contributed by atoms with Crippen LogP contribution >= 0.6 is 0 Å². The Morgan fingerprint density at radius 3 is 2.33 bits per heavy atom. The SMILES string of the molecule is O=C(O)CCC(=O)c1ccc2c(ccc3ccccc32)c1. The lowest BCUT2D eigenvalue weighted by molar-refractivity contribution is -0.136. The van der Waals surface area contributed by atoms with Gasteiger partial charge in [0.1, 0.15) is 0 Å². The Labute approximate surface area is 121 Å². The number of aliphatic carboxylic acids is 1. The van der Waals surface area contributed by atoms with Gasteiger partial charge in [0.15, 0.2) is 5.78 Å². The molecule has 3 rings (SSSR count). The van der Waals surface area contributed by atoms with Gasteiger partial charge >= 0.3 is 5.97 Å². The lowest BCUT2D eigenvalue weighted by Gasteiger charge is -2.06. The second kappa shape index (κ2) is 5.37. The van der Waals surface area contributed by atoms with Crippen LogP contribution in [-0.4, -0.2) is 16.9 Å². The molecule has 0 radical (unpaired) electrons. The van der Waals surface area contributed by atoms with E-state index in [1.165, 1.54) is 0 Å². The van der Waals surface area contributed by atoms with Gasteiger partial charge in [-0.25, -0.2) is 0 Å². The van der Waals surface area contributed by atoms with Crippen molar-refractivity contribution in [1.82, 2.24) is 0 Å². The van der Waals surface area contributed by atoms with E-state index >= 15 is 0 Å². The highest BCUT2D eigenvalue weighted by atomic mass is 16.4. The molecule has 0 heterocycles. The molecule has 3 aromatic rings. The summed E-state index contributed by atoms with van der Waals surface area (Å²) in [5, 5.41) is 13.1. The third-order valence-corrected chi connectivity index (χ3v) is 3.63. The summed E-state index contributed by atoms with van der Waals surface area (Å²) in [6.45, 7) is 0. The van der Waals surface area contributed by atoms with Crippen molar-refractivity contribution < 1.29 is 14.7 Å². The molecule has 3 aromatic carbocycles. The number of hydrogen-bond acceptors (Lipinski definition) is 2. The molecule has 0 aromatic heterocycles. The van der Waals surface area contributed by atoms with Crippen molar-refractivity contribution in [2.45, 2.75) is 12.8 Å². The van der Waals surface area contributed by atoms with Crippen molar-refractivity contribution >= 4 is 33.3 Å². The van der Waals surface area contributed by atoms with E-state index in [1.807, 2.05) is 36.4 Å². The molecule has 0 saturated carbocycles. The normalized spacial score (nSPS) is 10.9. The molecule has 0 spiro atoms. The number of ketones is 1. The predicted molar refractivity (Wildman–Crippen MR) is 82.7 cm³/mol. The van der Waals surface area contributed by atoms with Crippen LogP contribution in [0, 0.1) is 0 Å². The molecule has 3 nitrogen and oxygen atoms in total. The smallest absolute Gasteiger partial charge is 0.303 e. The molecule has 0 aliphatic heterocycles. The molecule has 0 unspecified atom stereocenters. The number of rotatable bonds is 4. The van der Waals surface area contributed by atoms with Crippen molar-refractivity contribution in [2.75, 3.05) is 0 Å². The summed E-state index contributed by atoms with van der Waals surface area (Å²) < 4.78 is 0. The van der Waals surface area contributed by atoms with Crippen molar-refractivity contribution in [3.63, 3.8) is 0 Å². The van der Waals surface area contributed by atoms with Crippen molar-refractivity contribution in [3.8, 4) is 0 Å². The Morgan fingerprint density at radius 1 is 0.810 bits per heavy atom. The van der Waals surface area contributed by atoms with Gasteiger partial charge in [-0.15, -0.1) is 0 Å². The fraction of sp³-hybridized carbons (Fsp3) is 0.111. The summed E-state index contributed by atoms with van der Waals surface area (Å²) in [5.41, 5.74) is 0.569. The standard InChI is InChI=1S/C18H14O3/c19-17(9-10-18(20)21)14-7-8-16-13(11-14)6-5-12-3-1-2-4-15(12)16/h1-8,11H,9-10H2,(H,20,21). The van der Waals surface area contributed by atoms with Crippen LogP contribution in [0.15, 0.2) is 54.6 Å². The number of Topliss-reactive ketones (excluding diaryl/α,β-unsaturated/α-hetero) is 1. The first-order valence-electron chi connectivity index (χ1n) is 6.82. The Kier molecular flexibility index (Phi) is 3.40. The zero-order valence-corrected chi connectivity index (χ0v) is 11.4. The van der Waals surface area contributed by atoms with E-state index in [1.54, 1.807) is 6.07 Å². The minimum atomic E-state index is -0.949. The van der Waals surface area contributed by atoms with Gasteiger partial charge in [-0.2, -0.15) is 0 Å². The van der Waals surface area contributed by atoms with E-state index in [0.29, 0.717) is 5.56 Å². The molecular weight excluding hydrogens is 264 g/mol. The zero-order chi connectivity index (χ0) is 14.8.